The lowest BCUT2D eigenvalue weighted by Crippen LogP contribution is -2.46. The molecule has 1 aliphatic rings. The van der Waals surface area contributed by atoms with E-state index in [1.165, 1.54) is 25.7 Å². The molecule has 0 bridgehead atoms. The molecule has 1 fully saturated rings. The van der Waals surface area contributed by atoms with Gasteiger partial charge in [0.2, 0.25) is 0 Å². The first kappa shape index (κ1) is 17.5. The fourth-order valence-electron chi connectivity index (χ4n) is 3.13. The van der Waals surface area contributed by atoms with E-state index < -0.39 is 0 Å². The van der Waals surface area contributed by atoms with E-state index in [4.69, 9.17) is 4.74 Å². The molecule has 1 N–H and O–H groups in total. The first-order valence-electron chi connectivity index (χ1n) is 8.35. The fraction of sp³-hybridized carbons (Fsp3) is 0.941. The third-order valence-electron chi connectivity index (χ3n) is 4.36. The molecule has 20 heavy (non-hydrogen) atoms. The molecule has 0 radical (unpaired) electrons. The summed E-state index contributed by atoms with van der Waals surface area (Å²) in [5.41, 5.74) is -0.357. The summed E-state index contributed by atoms with van der Waals surface area (Å²) < 4.78 is 6.10. The van der Waals surface area contributed by atoms with Crippen LogP contribution in [-0.2, 0) is 4.74 Å². The Hall–Kier alpha value is -0.590. The summed E-state index contributed by atoms with van der Waals surface area (Å²) in [6.45, 7) is 9.56. The number of nitriles is 1. The minimum atomic E-state index is -0.357. The van der Waals surface area contributed by atoms with Gasteiger partial charge in [-0.05, 0) is 39.0 Å². The number of hydrogen-bond donors (Lipinski definition) is 1. The molecule has 0 aromatic carbocycles. The highest BCUT2D eigenvalue weighted by molar-refractivity contribution is 5.12. The van der Waals surface area contributed by atoms with Gasteiger partial charge in [0.1, 0.15) is 5.54 Å². The average Bonchev–Trinajstić information content (AvgIpc) is 2.82. The number of unbranched alkanes of at least 4 members (excludes halogenated alkanes) is 1. The lowest BCUT2D eigenvalue weighted by Gasteiger charge is -2.25. The summed E-state index contributed by atoms with van der Waals surface area (Å²) >= 11 is 0. The van der Waals surface area contributed by atoms with E-state index in [0.717, 1.165) is 25.9 Å². The van der Waals surface area contributed by atoms with Crippen LogP contribution in [-0.4, -0.2) is 24.3 Å². The highest BCUT2D eigenvalue weighted by Crippen LogP contribution is 2.32. The molecule has 0 saturated heterocycles. The molecule has 1 rings (SSSR count). The Morgan fingerprint density at radius 2 is 2.15 bits per heavy atom. The molecule has 0 heterocycles. The molecule has 116 valence electrons. The van der Waals surface area contributed by atoms with Crippen molar-refractivity contribution < 1.29 is 4.74 Å². The van der Waals surface area contributed by atoms with Gasteiger partial charge in [-0.25, -0.2) is 0 Å². The first-order chi connectivity index (χ1) is 9.55. The Morgan fingerprint density at radius 1 is 1.40 bits per heavy atom. The van der Waals surface area contributed by atoms with Gasteiger partial charge in [0.25, 0.3) is 0 Å². The normalized spacial score (nSPS) is 27.7. The molecule has 0 spiro atoms. The maximum absolute atomic E-state index is 9.45. The Morgan fingerprint density at radius 3 is 2.70 bits per heavy atom. The number of nitrogens with zero attached hydrogens (tertiary/aromatic N) is 1. The Kier molecular flexibility index (Phi) is 7.55. The van der Waals surface area contributed by atoms with Crippen LogP contribution >= 0.6 is 0 Å². The van der Waals surface area contributed by atoms with Crippen molar-refractivity contribution in [3.8, 4) is 6.07 Å². The van der Waals surface area contributed by atoms with Gasteiger partial charge in [-0.15, -0.1) is 0 Å². The van der Waals surface area contributed by atoms with E-state index in [-0.39, 0.29) is 11.6 Å². The van der Waals surface area contributed by atoms with Crippen LogP contribution in [0.15, 0.2) is 0 Å². The molecule has 3 atom stereocenters. The standard InChI is InChI=1S/C17H32N2O/c1-5-7-8-15(6-2)12-20-16-9-10-17(11-16,13-18)19-14(3)4/h14-16,19H,5-12H2,1-4H3. The minimum Gasteiger partial charge on any atom is -0.378 e. The monoisotopic (exact) mass is 280 g/mol. The molecule has 0 aromatic rings. The van der Waals surface area contributed by atoms with Crippen LogP contribution in [0.1, 0.15) is 72.6 Å². The molecule has 0 amide bonds. The molecule has 1 saturated carbocycles. The highest BCUT2D eigenvalue weighted by Gasteiger charge is 2.40. The van der Waals surface area contributed by atoms with E-state index in [1.807, 2.05) is 0 Å². The Labute approximate surface area is 125 Å². The quantitative estimate of drug-likeness (QED) is 0.693. The van der Waals surface area contributed by atoms with E-state index >= 15 is 0 Å². The summed E-state index contributed by atoms with van der Waals surface area (Å²) in [7, 11) is 0. The highest BCUT2D eigenvalue weighted by atomic mass is 16.5. The molecular weight excluding hydrogens is 248 g/mol. The van der Waals surface area contributed by atoms with Crippen molar-refractivity contribution in [1.82, 2.24) is 5.32 Å². The largest absolute Gasteiger partial charge is 0.378 e. The average molecular weight is 280 g/mol. The van der Waals surface area contributed by atoms with E-state index in [2.05, 4.69) is 39.1 Å². The second-order valence-corrected chi connectivity index (χ2v) is 6.61. The molecule has 1 aliphatic carbocycles. The van der Waals surface area contributed by atoms with Crippen LogP contribution in [0.5, 0.6) is 0 Å². The van der Waals surface area contributed by atoms with Crippen LogP contribution in [0.2, 0.25) is 0 Å². The third-order valence-corrected chi connectivity index (χ3v) is 4.36. The summed E-state index contributed by atoms with van der Waals surface area (Å²) in [4.78, 5) is 0. The van der Waals surface area contributed by atoms with Crippen molar-refractivity contribution >= 4 is 0 Å². The number of rotatable bonds is 9. The molecule has 0 aromatic heterocycles. The van der Waals surface area contributed by atoms with Gasteiger partial charge >= 0.3 is 0 Å². The first-order valence-corrected chi connectivity index (χ1v) is 8.35. The summed E-state index contributed by atoms with van der Waals surface area (Å²) in [6, 6.07) is 2.83. The smallest absolute Gasteiger partial charge is 0.109 e. The number of nitrogens with one attached hydrogen (secondary N) is 1. The van der Waals surface area contributed by atoms with Gasteiger partial charge in [0.05, 0.1) is 12.2 Å². The van der Waals surface area contributed by atoms with Crippen molar-refractivity contribution in [2.75, 3.05) is 6.61 Å². The summed E-state index contributed by atoms with van der Waals surface area (Å²) in [6.07, 6.45) is 8.05. The van der Waals surface area contributed by atoms with E-state index in [1.54, 1.807) is 0 Å². The second kappa shape index (κ2) is 8.64. The summed E-state index contributed by atoms with van der Waals surface area (Å²) in [5, 5.41) is 12.9. The van der Waals surface area contributed by atoms with Crippen LogP contribution in [0.25, 0.3) is 0 Å². The third kappa shape index (κ3) is 5.42. The van der Waals surface area contributed by atoms with Crippen molar-refractivity contribution in [1.29, 1.82) is 5.26 Å². The lowest BCUT2D eigenvalue weighted by atomic mass is 9.98. The zero-order valence-electron chi connectivity index (χ0n) is 13.7. The number of ether oxygens (including phenoxy) is 1. The van der Waals surface area contributed by atoms with Crippen LogP contribution in [0.4, 0.5) is 0 Å². The van der Waals surface area contributed by atoms with Gasteiger partial charge < -0.3 is 4.74 Å². The van der Waals surface area contributed by atoms with Crippen LogP contribution < -0.4 is 5.32 Å². The number of hydrogen-bond acceptors (Lipinski definition) is 3. The van der Waals surface area contributed by atoms with Gasteiger partial charge in [0.15, 0.2) is 0 Å². The summed E-state index contributed by atoms with van der Waals surface area (Å²) in [5.74, 6) is 0.685. The van der Waals surface area contributed by atoms with Gasteiger partial charge in [-0.2, -0.15) is 5.26 Å². The van der Waals surface area contributed by atoms with Crippen molar-refractivity contribution in [2.24, 2.45) is 5.92 Å². The molecule has 3 heteroatoms. The predicted molar refractivity (Wildman–Crippen MR) is 83.5 cm³/mol. The molecule has 0 aliphatic heterocycles. The molecule has 3 unspecified atom stereocenters. The van der Waals surface area contributed by atoms with Gasteiger partial charge in [-0.1, -0.05) is 33.1 Å². The Bertz CT molecular complexity index is 311. The Balaban J connectivity index is 2.38. The van der Waals surface area contributed by atoms with Crippen molar-refractivity contribution in [2.45, 2.75) is 90.3 Å². The molecule has 3 nitrogen and oxygen atoms in total. The zero-order chi connectivity index (χ0) is 15.0. The van der Waals surface area contributed by atoms with Crippen LogP contribution in [0.3, 0.4) is 0 Å². The molecular formula is C17H32N2O. The predicted octanol–water partition coefficient (Wildman–Crippen LogP) is 4.03. The maximum Gasteiger partial charge on any atom is 0.109 e. The SMILES string of the molecule is CCCCC(CC)COC1CCC(C#N)(NC(C)C)C1. The maximum atomic E-state index is 9.45. The zero-order valence-corrected chi connectivity index (χ0v) is 13.7. The van der Waals surface area contributed by atoms with Crippen molar-refractivity contribution in [3.63, 3.8) is 0 Å². The van der Waals surface area contributed by atoms with Crippen molar-refractivity contribution in [3.05, 3.63) is 0 Å². The fourth-order valence-corrected chi connectivity index (χ4v) is 3.13. The van der Waals surface area contributed by atoms with Gasteiger partial charge in [-0.3, -0.25) is 5.32 Å². The van der Waals surface area contributed by atoms with E-state index in [9.17, 15) is 5.26 Å². The minimum absolute atomic E-state index is 0.261. The van der Waals surface area contributed by atoms with E-state index in [0.29, 0.717) is 12.0 Å². The lowest BCUT2D eigenvalue weighted by molar-refractivity contribution is 0.0270. The van der Waals surface area contributed by atoms with Gasteiger partial charge in [0, 0.05) is 19.1 Å². The van der Waals surface area contributed by atoms with Crippen LogP contribution in [0, 0.1) is 17.2 Å². The topological polar surface area (TPSA) is 45.0 Å². The second-order valence-electron chi connectivity index (χ2n) is 6.61.